The molecule has 0 saturated heterocycles. The molecule has 294 valence electrons. The van der Waals surface area contributed by atoms with Crippen LogP contribution >= 0.6 is 24.0 Å². The van der Waals surface area contributed by atoms with E-state index in [2.05, 4.69) is 62.4 Å². The van der Waals surface area contributed by atoms with E-state index in [0.29, 0.717) is 11.1 Å². The maximum absolute atomic E-state index is 14.0. The van der Waals surface area contributed by atoms with E-state index >= 15 is 0 Å². The summed E-state index contributed by atoms with van der Waals surface area (Å²) in [5.74, 6) is -5.43. The van der Waals surface area contributed by atoms with Crippen LogP contribution in [0.15, 0.2) is 109 Å². The number of benzene rings is 6. The van der Waals surface area contributed by atoms with E-state index < -0.39 is 35.0 Å². The number of ether oxygens (including phenoxy) is 1. The lowest BCUT2D eigenvalue weighted by Crippen LogP contribution is -1.95. The monoisotopic (exact) mass is 878 g/mol. The molecule has 0 unspecified atom stereocenters. The molecule has 0 heterocycles. The molecule has 0 aliphatic carbocycles. The first kappa shape index (κ1) is 45.2. The first-order chi connectivity index (χ1) is 26.3. The van der Waals surface area contributed by atoms with Gasteiger partial charge in [-0.05, 0) is 118 Å². The Labute approximate surface area is 343 Å². The second-order valence-corrected chi connectivity index (χ2v) is 13.2. The summed E-state index contributed by atoms with van der Waals surface area (Å²) in [7, 11) is 1.26. The average molecular weight is 879 g/mol. The van der Waals surface area contributed by atoms with Gasteiger partial charge in [-0.15, -0.1) is 24.0 Å². The van der Waals surface area contributed by atoms with Crippen LogP contribution in [0.25, 0.3) is 44.5 Å². The fraction of sp³-hybridized carbons (Fsp3) is 0.213. The number of phenolic OH excluding ortho intramolecular Hbond substituents is 1. The summed E-state index contributed by atoms with van der Waals surface area (Å²) in [6.45, 7) is 9.27. The van der Waals surface area contributed by atoms with E-state index in [4.69, 9.17) is 14.6 Å². The molecule has 6 rings (SSSR count). The van der Waals surface area contributed by atoms with Crippen molar-refractivity contribution in [3.63, 3.8) is 0 Å². The minimum absolute atomic E-state index is 0. The Kier molecular flexibility index (Phi) is 17.1. The van der Waals surface area contributed by atoms with E-state index in [9.17, 15) is 22.7 Å². The van der Waals surface area contributed by atoms with Crippen LogP contribution in [0.3, 0.4) is 0 Å². The highest BCUT2D eigenvalue weighted by Crippen LogP contribution is 2.34. The number of carboxylic acids is 1. The highest BCUT2D eigenvalue weighted by atomic mass is 127. The van der Waals surface area contributed by atoms with Crippen LogP contribution in [0, 0.1) is 37.1 Å². The largest absolute Gasteiger partial charge is 0.503 e. The smallest absolute Gasteiger partial charge is 0.300 e. The standard InChI is InChI=1S/C23H22F2O.C22H20F2O.C2H4O2.HI/c1-4-5-16-6-8-17(9-7-16)18-10-11-20(15(2)12-18)19-13-21(24)23(26-3)22(25)14-19;1-3-4-15-5-7-16(8-6-15)17-9-10-19(14(2)11-17)18-12-20(23)22(25)21(24)13-18;1-2(3)4;/h6-14H,4-5H2,1-3H3;5-13,25H,3-4H2,1-2H3;1H3,(H,3,4);1H. The van der Waals surface area contributed by atoms with Crippen molar-refractivity contribution in [2.45, 2.75) is 60.3 Å². The van der Waals surface area contributed by atoms with Crippen LogP contribution in [-0.2, 0) is 17.6 Å². The number of aromatic hydroxyl groups is 1. The average Bonchev–Trinajstić information content (AvgIpc) is 3.14. The van der Waals surface area contributed by atoms with Gasteiger partial charge in [0.1, 0.15) is 0 Å². The molecule has 9 heteroatoms. The molecule has 0 aliphatic heterocycles. The summed E-state index contributed by atoms with van der Waals surface area (Å²) < 4.78 is 60.0. The summed E-state index contributed by atoms with van der Waals surface area (Å²) in [6, 6.07) is 33.7. The lowest BCUT2D eigenvalue weighted by molar-refractivity contribution is -0.134. The van der Waals surface area contributed by atoms with Gasteiger partial charge in [-0.1, -0.05) is 112 Å². The van der Waals surface area contributed by atoms with E-state index in [-0.39, 0.29) is 29.7 Å². The van der Waals surface area contributed by atoms with Crippen LogP contribution in [0.1, 0.15) is 55.9 Å². The van der Waals surface area contributed by atoms with Crippen molar-refractivity contribution in [3.05, 3.63) is 155 Å². The van der Waals surface area contributed by atoms with Crippen LogP contribution in [-0.4, -0.2) is 23.3 Å². The van der Waals surface area contributed by atoms with Gasteiger partial charge in [0.2, 0.25) is 0 Å². The molecule has 0 radical (unpaired) electrons. The molecule has 0 bridgehead atoms. The molecule has 0 spiro atoms. The molecular weight excluding hydrogens is 831 g/mol. The van der Waals surface area contributed by atoms with Gasteiger partial charge in [0.25, 0.3) is 5.97 Å². The number of phenols is 1. The maximum atomic E-state index is 14.0. The third-order valence-electron chi connectivity index (χ3n) is 8.95. The first-order valence-electron chi connectivity index (χ1n) is 18.1. The summed E-state index contributed by atoms with van der Waals surface area (Å²) in [5.41, 5.74) is 11.4. The van der Waals surface area contributed by atoms with E-state index in [1.807, 2.05) is 50.2 Å². The molecule has 2 N–H and O–H groups in total. The number of carbonyl (C=O) groups is 1. The van der Waals surface area contributed by atoms with Crippen molar-refractivity contribution < 1.29 is 37.3 Å². The Morgan fingerprint density at radius 2 is 0.875 bits per heavy atom. The van der Waals surface area contributed by atoms with Gasteiger partial charge >= 0.3 is 0 Å². The van der Waals surface area contributed by atoms with Crippen molar-refractivity contribution in [2.75, 3.05) is 7.11 Å². The number of aliphatic carboxylic acids is 1. The van der Waals surface area contributed by atoms with Crippen molar-refractivity contribution >= 4 is 29.9 Å². The highest BCUT2D eigenvalue weighted by molar-refractivity contribution is 14.0. The van der Waals surface area contributed by atoms with Gasteiger partial charge in [-0.2, -0.15) is 0 Å². The Morgan fingerprint density at radius 3 is 1.18 bits per heavy atom. The second-order valence-electron chi connectivity index (χ2n) is 13.2. The number of hydrogen-bond acceptors (Lipinski definition) is 3. The molecule has 6 aromatic carbocycles. The summed E-state index contributed by atoms with van der Waals surface area (Å²) in [5, 5.41) is 16.7. The van der Waals surface area contributed by atoms with Crippen molar-refractivity contribution in [2.24, 2.45) is 0 Å². The Hall–Kier alpha value is -5.16. The summed E-state index contributed by atoms with van der Waals surface area (Å²) in [6.07, 6.45) is 4.39. The zero-order valence-electron chi connectivity index (χ0n) is 32.4. The van der Waals surface area contributed by atoms with Crippen molar-refractivity contribution in [1.29, 1.82) is 0 Å². The fourth-order valence-corrected chi connectivity index (χ4v) is 6.27. The van der Waals surface area contributed by atoms with Gasteiger partial charge in [0.05, 0.1) is 7.11 Å². The molecule has 0 amide bonds. The number of hydrogen-bond donors (Lipinski definition) is 2. The Balaban J connectivity index is 0.000000270. The topological polar surface area (TPSA) is 66.8 Å². The Morgan fingerprint density at radius 1 is 0.554 bits per heavy atom. The number of halogens is 5. The van der Waals surface area contributed by atoms with Gasteiger partial charge in [-0.25, -0.2) is 17.6 Å². The molecular formula is C47H47F4IO4. The third kappa shape index (κ3) is 11.9. The number of carboxylic acid groups (broad SMARTS) is 1. The number of aryl methyl sites for hydroxylation is 4. The predicted octanol–water partition coefficient (Wildman–Crippen LogP) is 13.5. The SMILES string of the molecule is CC(=O)O.CCCc1ccc(-c2ccc(-c3cc(F)c(O)c(F)c3)c(C)c2)cc1.CCCc1ccc(-c2ccc(-c3cc(F)c(OC)c(F)c3)c(C)c2)cc1.I. The van der Waals surface area contributed by atoms with Gasteiger partial charge in [0.15, 0.2) is 34.8 Å². The molecule has 0 aliphatic rings. The number of methoxy groups -OCH3 is 1. The quantitative estimate of drug-likeness (QED) is 0.112. The number of rotatable bonds is 9. The van der Waals surface area contributed by atoms with Gasteiger partial charge in [0, 0.05) is 6.92 Å². The van der Waals surface area contributed by atoms with Gasteiger partial charge in [-0.3, -0.25) is 4.79 Å². The second kappa shape index (κ2) is 21.2. The minimum Gasteiger partial charge on any atom is -0.503 e. The summed E-state index contributed by atoms with van der Waals surface area (Å²) in [4.78, 5) is 9.00. The van der Waals surface area contributed by atoms with Crippen molar-refractivity contribution in [3.8, 4) is 56.0 Å². The van der Waals surface area contributed by atoms with E-state index in [0.717, 1.165) is 89.2 Å². The zero-order chi connectivity index (χ0) is 40.2. The first-order valence-corrected chi connectivity index (χ1v) is 18.1. The van der Waals surface area contributed by atoms with Crippen molar-refractivity contribution in [1.82, 2.24) is 0 Å². The molecule has 0 fully saturated rings. The molecule has 6 aromatic rings. The van der Waals surface area contributed by atoms with Gasteiger partial charge < -0.3 is 14.9 Å². The normalized spacial score (nSPS) is 10.3. The molecule has 56 heavy (non-hydrogen) atoms. The fourth-order valence-electron chi connectivity index (χ4n) is 6.27. The van der Waals surface area contributed by atoms with E-state index in [1.54, 1.807) is 0 Å². The maximum Gasteiger partial charge on any atom is 0.300 e. The third-order valence-corrected chi connectivity index (χ3v) is 8.95. The minimum atomic E-state index is -0.954. The van der Waals surface area contributed by atoms with Crippen LogP contribution < -0.4 is 4.74 Å². The Bertz CT molecular complexity index is 2190. The van der Waals surface area contributed by atoms with Crippen LogP contribution in [0.5, 0.6) is 11.5 Å². The predicted molar refractivity (Wildman–Crippen MR) is 229 cm³/mol. The molecule has 4 nitrogen and oxygen atoms in total. The molecule has 0 saturated carbocycles. The molecule has 0 atom stereocenters. The van der Waals surface area contributed by atoms with E-state index in [1.165, 1.54) is 30.4 Å². The lowest BCUT2D eigenvalue weighted by atomic mass is 9.95. The summed E-state index contributed by atoms with van der Waals surface area (Å²) >= 11 is 0. The van der Waals surface area contributed by atoms with Crippen LogP contribution in [0.4, 0.5) is 17.6 Å². The highest BCUT2D eigenvalue weighted by Gasteiger charge is 2.15. The van der Waals surface area contributed by atoms with Crippen LogP contribution in [0.2, 0.25) is 0 Å². The lowest BCUT2D eigenvalue weighted by Gasteiger charge is -2.12. The molecule has 0 aromatic heterocycles. The zero-order valence-corrected chi connectivity index (χ0v) is 34.7.